The first kappa shape index (κ1) is 16.1. The zero-order valence-corrected chi connectivity index (χ0v) is 12.2. The van der Waals surface area contributed by atoms with Crippen LogP contribution in [0.3, 0.4) is 0 Å². The van der Waals surface area contributed by atoms with Crippen LogP contribution in [0.1, 0.15) is 13.8 Å². The lowest BCUT2D eigenvalue weighted by atomic mass is 10.2. The Labute approximate surface area is 119 Å². The summed E-state index contributed by atoms with van der Waals surface area (Å²) in [6.07, 6.45) is 0.0462. The maximum absolute atomic E-state index is 11.5. The van der Waals surface area contributed by atoms with E-state index in [1.54, 1.807) is 19.2 Å². The molecule has 4 N–H and O–H groups in total. The van der Waals surface area contributed by atoms with Gasteiger partial charge < -0.3 is 25.8 Å². The maximum atomic E-state index is 11.5. The molecular weight excluding hydrogens is 258 g/mol. The van der Waals surface area contributed by atoms with Crippen LogP contribution >= 0.6 is 0 Å². The minimum atomic E-state index is -0.0924. The Morgan fingerprint density at radius 2 is 2.15 bits per heavy atom. The van der Waals surface area contributed by atoms with Gasteiger partial charge in [0.25, 0.3) is 0 Å². The fourth-order valence-electron chi connectivity index (χ4n) is 1.54. The number of carbonyl (C=O) groups is 1. The van der Waals surface area contributed by atoms with Crippen LogP contribution in [-0.4, -0.2) is 38.8 Å². The van der Waals surface area contributed by atoms with E-state index in [0.29, 0.717) is 24.6 Å². The van der Waals surface area contributed by atoms with Gasteiger partial charge in [0.1, 0.15) is 5.75 Å². The second-order valence-electron chi connectivity index (χ2n) is 4.62. The van der Waals surface area contributed by atoms with Crippen LogP contribution in [-0.2, 0) is 9.53 Å². The summed E-state index contributed by atoms with van der Waals surface area (Å²) in [5.41, 5.74) is 7.20. The number of anilines is 2. The lowest BCUT2D eigenvalue weighted by Crippen LogP contribution is -2.32. The Bertz CT molecular complexity index is 436. The Kier molecular flexibility index (Phi) is 6.66. The molecule has 0 fully saturated rings. The van der Waals surface area contributed by atoms with E-state index in [0.717, 1.165) is 5.69 Å². The molecule has 0 atom stereocenters. The fraction of sp³-hybridized carbons (Fsp3) is 0.500. The molecule has 6 heteroatoms. The van der Waals surface area contributed by atoms with Crippen LogP contribution in [0.25, 0.3) is 0 Å². The van der Waals surface area contributed by atoms with E-state index in [2.05, 4.69) is 10.6 Å². The van der Waals surface area contributed by atoms with Crippen LogP contribution in [0, 0.1) is 0 Å². The van der Waals surface area contributed by atoms with Gasteiger partial charge in [-0.2, -0.15) is 0 Å². The van der Waals surface area contributed by atoms with E-state index in [4.69, 9.17) is 15.2 Å². The van der Waals surface area contributed by atoms with Gasteiger partial charge in [-0.1, -0.05) is 0 Å². The highest BCUT2D eigenvalue weighted by atomic mass is 16.5. The second kappa shape index (κ2) is 8.27. The molecule has 0 aliphatic carbocycles. The lowest BCUT2D eigenvalue weighted by Gasteiger charge is -2.14. The van der Waals surface area contributed by atoms with Crippen molar-refractivity contribution in [1.29, 1.82) is 0 Å². The molecule has 6 nitrogen and oxygen atoms in total. The van der Waals surface area contributed by atoms with Gasteiger partial charge in [0, 0.05) is 25.4 Å². The van der Waals surface area contributed by atoms with Gasteiger partial charge in [-0.05, 0) is 26.0 Å². The summed E-state index contributed by atoms with van der Waals surface area (Å²) >= 11 is 0. The highest BCUT2D eigenvalue weighted by Crippen LogP contribution is 2.26. The molecule has 0 aromatic heterocycles. The van der Waals surface area contributed by atoms with Crippen molar-refractivity contribution in [3.63, 3.8) is 0 Å². The number of hydrogen-bond donors (Lipinski definition) is 3. The molecule has 0 aliphatic rings. The molecule has 1 rings (SSSR count). The third kappa shape index (κ3) is 5.79. The quantitative estimate of drug-likeness (QED) is 0.493. The van der Waals surface area contributed by atoms with Crippen molar-refractivity contribution in [2.45, 2.75) is 20.0 Å². The molecule has 0 heterocycles. The van der Waals surface area contributed by atoms with Crippen molar-refractivity contribution < 1.29 is 14.3 Å². The molecule has 20 heavy (non-hydrogen) atoms. The van der Waals surface area contributed by atoms with Crippen LogP contribution in [0.4, 0.5) is 11.4 Å². The van der Waals surface area contributed by atoms with Gasteiger partial charge in [-0.3, -0.25) is 4.79 Å². The number of nitrogen functional groups attached to an aromatic ring is 1. The number of benzene rings is 1. The van der Waals surface area contributed by atoms with Gasteiger partial charge in [-0.25, -0.2) is 0 Å². The van der Waals surface area contributed by atoms with Crippen LogP contribution in [0.5, 0.6) is 5.75 Å². The minimum absolute atomic E-state index is 0.0462. The van der Waals surface area contributed by atoms with Gasteiger partial charge in [0.15, 0.2) is 0 Å². The normalized spacial score (nSPS) is 10.4. The van der Waals surface area contributed by atoms with Gasteiger partial charge in [-0.15, -0.1) is 0 Å². The molecule has 0 aliphatic heterocycles. The summed E-state index contributed by atoms with van der Waals surface area (Å²) in [7, 11) is 1.59. The highest BCUT2D eigenvalue weighted by Gasteiger charge is 2.06. The first-order chi connectivity index (χ1) is 9.52. The fourth-order valence-corrected chi connectivity index (χ4v) is 1.54. The van der Waals surface area contributed by atoms with Crippen LogP contribution in [0.2, 0.25) is 0 Å². The van der Waals surface area contributed by atoms with E-state index >= 15 is 0 Å². The number of carbonyl (C=O) groups excluding carboxylic acids is 1. The smallest absolute Gasteiger partial charge is 0.239 e. The molecule has 0 spiro atoms. The molecule has 0 unspecified atom stereocenters. The number of nitrogens with two attached hydrogens (primary N) is 1. The molecule has 1 aromatic rings. The van der Waals surface area contributed by atoms with E-state index in [1.165, 1.54) is 0 Å². The SMILES string of the molecule is COCCNC(=O)CNc1ccc(N)c(OC(C)C)c1. The van der Waals surface area contributed by atoms with Gasteiger partial charge >= 0.3 is 0 Å². The number of nitrogens with one attached hydrogen (secondary N) is 2. The largest absolute Gasteiger partial charge is 0.489 e. The van der Waals surface area contributed by atoms with Crippen LogP contribution < -0.4 is 21.1 Å². The number of rotatable bonds is 8. The highest BCUT2D eigenvalue weighted by molar-refractivity contribution is 5.81. The summed E-state index contributed by atoms with van der Waals surface area (Å²) in [6.45, 7) is 5.06. The van der Waals surface area contributed by atoms with E-state index in [1.807, 2.05) is 19.9 Å². The number of ether oxygens (including phenoxy) is 2. The second-order valence-corrected chi connectivity index (χ2v) is 4.62. The number of hydrogen-bond acceptors (Lipinski definition) is 5. The Morgan fingerprint density at radius 1 is 1.40 bits per heavy atom. The topological polar surface area (TPSA) is 85.6 Å². The van der Waals surface area contributed by atoms with E-state index < -0.39 is 0 Å². The van der Waals surface area contributed by atoms with Crippen molar-refractivity contribution in [2.24, 2.45) is 0 Å². The monoisotopic (exact) mass is 281 g/mol. The van der Waals surface area contributed by atoms with Gasteiger partial charge in [0.2, 0.25) is 5.91 Å². The van der Waals surface area contributed by atoms with Crippen molar-refractivity contribution in [3.05, 3.63) is 18.2 Å². The summed E-state index contributed by atoms with van der Waals surface area (Å²) < 4.78 is 10.4. The third-order valence-electron chi connectivity index (χ3n) is 2.46. The average molecular weight is 281 g/mol. The molecule has 0 saturated carbocycles. The molecule has 0 radical (unpaired) electrons. The first-order valence-corrected chi connectivity index (χ1v) is 6.58. The Balaban J connectivity index is 2.49. The standard InChI is InChI=1S/C14H23N3O3/c1-10(2)20-13-8-11(4-5-12(13)15)17-9-14(18)16-6-7-19-3/h4-5,8,10,17H,6-7,9,15H2,1-3H3,(H,16,18). The molecule has 0 saturated heterocycles. The predicted octanol–water partition coefficient (Wildman–Crippen LogP) is 1.23. The summed E-state index contributed by atoms with van der Waals surface area (Å²) in [5, 5.41) is 5.75. The van der Waals surface area contributed by atoms with Crippen molar-refractivity contribution in [2.75, 3.05) is 37.9 Å². The van der Waals surface area contributed by atoms with E-state index in [9.17, 15) is 4.79 Å². The third-order valence-corrected chi connectivity index (χ3v) is 2.46. The minimum Gasteiger partial charge on any atom is -0.489 e. The molecule has 0 bridgehead atoms. The number of amides is 1. The number of methoxy groups -OCH3 is 1. The van der Waals surface area contributed by atoms with Crippen LogP contribution in [0.15, 0.2) is 18.2 Å². The summed E-state index contributed by atoms with van der Waals surface area (Å²) in [6, 6.07) is 5.35. The lowest BCUT2D eigenvalue weighted by molar-refractivity contribution is -0.119. The summed E-state index contributed by atoms with van der Waals surface area (Å²) in [5.74, 6) is 0.523. The molecular formula is C14H23N3O3. The van der Waals surface area contributed by atoms with Crippen molar-refractivity contribution in [3.8, 4) is 5.75 Å². The molecule has 1 amide bonds. The first-order valence-electron chi connectivity index (χ1n) is 6.58. The van der Waals surface area contributed by atoms with Gasteiger partial charge in [0.05, 0.1) is 24.9 Å². The summed E-state index contributed by atoms with van der Waals surface area (Å²) in [4.78, 5) is 11.5. The van der Waals surface area contributed by atoms with Crippen molar-refractivity contribution >= 4 is 17.3 Å². The van der Waals surface area contributed by atoms with E-state index in [-0.39, 0.29) is 18.6 Å². The predicted molar refractivity (Wildman–Crippen MR) is 80.0 cm³/mol. The molecule has 1 aromatic carbocycles. The Hall–Kier alpha value is -1.95. The zero-order chi connectivity index (χ0) is 15.0. The van der Waals surface area contributed by atoms with Crippen molar-refractivity contribution in [1.82, 2.24) is 5.32 Å². The Morgan fingerprint density at radius 3 is 2.80 bits per heavy atom. The zero-order valence-electron chi connectivity index (χ0n) is 12.2. The maximum Gasteiger partial charge on any atom is 0.239 e. The average Bonchev–Trinajstić information content (AvgIpc) is 2.39. The molecule has 112 valence electrons.